The van der Waals surface area contributed by atoms with E-state index >= 15 is 0 Å². The highest BCUT2D eigenvalue weighted by Gasteiger charge is 2.38. The van der Waals surface area contributed by atoms with Crippen LogP contribution in [0.5, 0.6) is 0 Å². The first-order chi connectivity index (χ1) is 14.2. The van der Waals surface area contributed by atoms with E-state index in [2.05, 4.69) is 16.4 Å². The molecular weight excluding hydrogens is 382 g/mol. The molecule has 7 heteroatoms. The zero-order chi connectivity index (χ0) is 22.0. The maximum Gasteiger partial charge on any atom is 0.336 e. The number of aryl methyl sites for hydroxylation is 3. The van der Waals surface area contributed by atoms with Crippen molar-refractivity contribution in [3.63, 3.8) is 0 Å². The van der Waals surface area contributed by atoms with Gasteiger partial charge in [0.25, 0.3) is 0 Å². The summed E-state index contributed by atoms with van der Waals surface area (Å²) in [6, 6.07) is 5.85. The van der Waals surface area contributed by atoms with Gasteiger partial charge in [0.1, 0.15) is 0 Å². The first-order valence-electron chi connectivity index (χ1n) is 9.94. The van der Waals surface area contributed by atoms with Gasteiger partial charge in [-0.15, -0.1) is 0 Å². The highest BCUT2D eigenvalue weighted by atomic mass is 16.5. The molecule has 3 rings (SSSR count). The summed E-state index contributed by atoms with van der Waals surface area (Å²) < 4.78 is 12.6. The Morgan fingerprint density at radius 2 is 1.77 bits per heavy atom. The van der Waals surface area contributed by atoms with Crippen LogP contribution in [0, 0.1) is 13.8 Å². The van der Waals surface area contributed by atoms with E-state index < -0.39 is 17.9 Å². The summed E-state index contributed by atoms with van der Waals surface area (Å²) in [5.74, 6) is -1.48. The van der Waals surface area contributed by atoms with Crippen LogP contribution in [0.25, 0.3) is 0 Å². The lowest BCUT2D eigenvalue weighted by molar-refractivity contribution is -0.139. The standard InChI is InChI=1S/C23H29N3O4/c1-13-12-17(14(2)24-13)9-11-30-23(28)20-16(4)25-15(3)19(22(27)29-6)21(20)18-8-7-10-26(18)5/h7-8,10,12,21,24-25H,9,11H2,1-6H3. The quantitative estimate of drug-likeness (QED) is 0.713. The fourth-order valence-corrected chi connectivity index (χ4v) is 4.09. The molecule has 0 radical (unpaired) electrons. The van der Waals surface area contributed by atoms with Crippen molar-refractivity contribution in [3.8, 4) is 0 Å². The first kappa shape index (κ1) is 21.5. The number of esters is 2. The van der Waals surface area contributed by atoms with Gasteiger partial charge in [-0.1, -0.05) is 0 Å². The maximum absolute atomic E-state index is 13.2. The molecule has 7 nitrogen and oxygen atoms in total. The number of ether oxygens (including phenoxy) is 2. The van der Waals surface area contributed by atoms with E-state index in [4.69, 9.17) is 9.47 Å². The molecule has 2 N–H and O–H groups in total. The Morgan fingerprint density at radius 1 is 1.10 bits per heavy atom. The summed E-state index contributed by atoms with van der Waals surface area (Å²) in [6.07, 6.45) is 2.51. The largest absolute Gasteiger partial charge is 0.466 e. The van der Waals surface area contributed by atoms with Crippen LogP contribution in [-0.2, 0) is 32.5 Å². The number of carbonyl (C=O) groups is 2. The van der Waals surface area contributed by atoms with Gasteiger partial charge in [-0.25, -0.2) is 9.59 Å². The Balaban J connectivity index is 1.89. The van der Waals surface area contributed by atoms with Gasteiger partial charge >= 0.3 is 11.9 Å². The molecule has 0 bridgehead atoms. The second kappa shape index (κ2) is 8.65. The minimum Gasteiger partial charge on any atom is -0.466 e. The van der Waals surface area contributed by atoms with Crippen molar-refractivity contribution < 1.29 is 19.1 Å². The predicted octanol–water partition coefficient (Wildman–Crippen LogP) is 3.16. The highest BCUT2D eigenvalue weighted by molar-refractivity contribution is 5.99. The SMILES string of the molecule is COC(=O)C1=C(C)NC(C)=C(C(=O)OCCc2cc(C)[nH]c2C)C1c1cccn1C. The van der Waals surface area contributed by atoms with Crippen molar-refractivity contribution in [2.75, 3.05) is 13.7 Å². The molecule has 0 fully saturated rings. The average Bonchev–Trinajstić information content (AvgIpc) is 3.24. The van der Waals surface area contributed by atoms with Gasteiger partial charge in [-0.05, 0) is 51.5 Å². The molecule has 0 amide bonds. The van der Waals surface area contributed by atoms with E-state index in [1.807, 2.05) is 57.6 Å². The molecule has 30 heavy (non-hydrogen) atoms. The normalized spacial score (nSPS) is 16.5. The number of methoxy groups -OCH3 is 1. The summed E-state index contributed by atoms with van der Waals surface area (Å²) in [6.45, 7) is 7.89. The predicted molar refractivity (Wildman–Crippen MR) is 114 cm³/mol. The Morgan fingerprint density at radius 3 is 2.30 bits per heavy atom. The number of rotatable bonds is 6. The van der Waals surface area contributed by atoms with Crippen LogP contribution in [0.3, 0.4) is 0 Å². The zero-order valence-electron chi connectivity index (χ0n) is 18.4. The van der Waals surface area contributed by atoms with Crippen LogP contribution in [0.1, 0.15) is 42.4 Å². The molecule has 1 aliphatic heterocycles. The molecule has 0 saturated carbocycles. The van der Waals surface area contributed by atoms with E-state index in [1.54, 1.807) is 0 Å². The van der Waals surface area contributed by atoms with Crippen LogP contribution in [0.4, 0.5) is 0 Å². The van der Waals surface area contributed by atoms with E-state index in [-0.39, 0.29) is 6.61 Å². The molecule has 0 saturated heterocycles. The molecule has 3 heterocycles. The monoisotopic (exact) mass is 411 g/mol. The van der Waals surface area contributed by atoms with Crippen molar-refractivity contribution in [2.45, 2.75) is 40.0 Å². The Kier molecular flexibility index (Phi) is 6.20. The smallest absolute Gasteiger partial charge is 0.336 e. The molecule has 160 valence electrons. The first-order valence-corrected chi connectivity index (χ1v) is 9.94. The van der Waals surface area contributed by atoms with E-state index in [0.29, 0.717) is 29.0 Å². The number of dihydropyridines is 1. The third-order valence-electron chi connectivity index (χ3n) is 5.53. The van der Waals surface area contributed by atoms with Gasteiger partial charge in [-0.2, -0.15) is 0 Å². The molecule has 0 spiro atoms. The number of allylic oxidation sites excluding steroid dienone is 2. The lowest BCUT2D eigenvalue weighted by Crippen LogP contribution is -2.33. The topological polar surface area (TPSA) is 85.3 Å². The van der Waals surface area contributed by atoms with Gasteiger partial charge in [0, 0.05) is 48.1 Å². The van der Waals surface area contributed by atoms with Crippen molar-refractivity contribution >= 4 is 11.9 Å². The summed E-state index contributed by atoms with van der Waals surface area (Å²) in [5.41, 5.74) is 6.27. The number of aromatic nitrogens is 2. The number of hydrogen-bond acceptors (Lipinski definition) is 5. The lowest BCUT2D eigenvalue weighted by atomic mass is 9.83. The van der Waals surface area contributed by atoms with Gasteiger partial charge in [0.2, 0.25) is 0 Å². The van der Waals surface area contributed by atoms with Crippen molar-refractivity contribution in [2.24, 2.45) is 7.05 Å². The molecule has 0 aliphatic carbocycles. The van der Waals surface area contributed by atoms with E-state index in [0.717, 1.165) is 22.6 Å². The number of H-pyrrole nitrogens is 1. The van der Waals surface area contributed by atoms with Crippen molar-refractivity contribution in [1.82, 2.24) is 14.9 Å². The summed E-state index contributed by atoms with van der Waals surface area (Å²) in [4.78, 5) is 29.0. The molecule has 1 aliphatic rings. The summed E-state index contributed by atoms with van der Waals surface area (Å²) in [5, 5.41) is 3.15. The molecular formula is C23H29N3O4. The summed E-state index contributed by atoms with van der Waals surface area (Å²) >= 11 is 0. The average molecular weight is 412 g/mol. The molecule has 2 aromatic heterocycles. The van der Waals surface area contributed by atoms with E-state index in [1.165, 1.54) is 7.11 Å². The Bertz CT molecular complexity index is 1040. The van der Waals surface area contributed by atoms with Crippen LogP contribution in [0.15, 0.2) is 46.9 Å². The molecule has 1 unspecified atom stereocenters. The lowest BCUT2D eigenvalue weighted by Gasteiger charge is -2.30. The van der Waals surface area contributed by atoms with Gasteiger partial charge in [0.15, 0.2) is 0 Å². The molecule has 1 atom stereocenters. The minimum atomic E-state index is -0.567. The number of aromatic amines is 1. The van der Waals surface area contributed by atoms with E-state index in [9.17, 15) is 9.59 Å². The summed E-state index contributed by atoms with van der Waals surface area (Å²) in [7, 11) is 3.23. The Hall–Kier alpha value is -3.22. The molecule has 0 aromatic carbocycles. The number of nitrogens with one attached hydrogen (secondary N) is 2. The number of carbonyl (C=O) groups excluding carboxylic acids is 2. The number of hydrogen-bond donors (Lipinski definition) is 2. The van der Waals surface area contributed by atoms with Gasteiger partial charge in [0.05, 0.1) is 30.8 Å². The van der Waals surface area contributed by atoms with Gasteiger partial charge in [-0.3, -0.25) is 0 Å². The fourth-order valence-electron chi connectivity index (χ4n) is 4.09. The van der Waals surface area contributed by atoms with Gasteiger partial charge < -0.3 is 24.3 Å². The van der Waals surface area contributed by atoms with Crippen LogP contribution in [-0.4, -0.2) is 35.2 Å². The third-order valence-corrected chi connectivity index (χ3v) is 5.53. The second-order valence-corrected chi connectivity index (χ2v) is 7.66. The minimum absolute atomic E-state index is 0.254. The van der Waals surface area contributed by atoms with Crippen molar-refractivity contribution in [3.05, 3.63) is 69.6 Å². The van der Waals surface area contributed by atoms with Crippen molar-refractivity contribution in [1.29, 1.82) is 0 Å². The second-order valence-electron chi connectivity index (χ2n) is 7.66. The number of nitrogens with zero attached hydrogens (tertiary/aromatic N) is 1. The zero-order valence-corrected chi connectivity index (χ0v) is 18.4. The third kappa shape index (κ3) is 4.06. The van der Waals surface area contributed by atoms with Crippen LogP contribution in [0.2, 0.25) is 0 Å². The maximum atomic E-state index is 13.2. The Labute approximate surface area is 176 Å². The van der Waals surface area contributed by atoms with Crippen LogP contribution >= 0.6 is 0 Å². The van der Waals surface area contributed by atoms with Crippen LogP contribution < -0.4 is 5.32 Å². The molecule has 2 aromatic rings. The fraction of sp³-hybridized carbons (Fsp3) is 0.391. The highest BCUT2D eigenvalue weighted by Crippen LogP contribution is 2.39.